The van der Waals surface area contributed by atoms with Gasteiger partial charge < -0.3 is 14.4 Å². The van der Waals surface area contributed by atoms with Gasteiger partial charge in [-0.1, -0.05) is 42.8 Å². The van der Waals surface area contributed by atoms with Crippen LogP contribution in [0.3, 0.4) is 0 Å². The van der Waals surface area contributed by atoms with Gasteiger partial charge in [-0.15, -0.1) is 0 Å². The van der Waals surface area contributed by atoms with Crippen LogP contribution in [0.25, 0.3) is 0 Å². The van der Waals surface area contributed by atoms with E-state index in [1.165, 1.54) is 0 Å². The van der Waals surface area contributed by atoms with E-state index in [1.807, 2.05) is 42.5 Å². The summed E-state index contributed by atoms with van der Waals surface area (Å²) in [5.74, 6) is 1.21. The molecular formula is C27H28ClNO4. The molecule has 5 rings (SSSR count). The number of fused-ring (bicyclic) bond motifs is 1. The number of rotatable bonds is 5. The zero-order chi connectivity index (χ0) is 23.1. The summed E-state index contributed by atoms with van der Waals surface area (Å²) in [6.07, 6.45) is 3.10. The van der Waals surface area contributed by atoms with Crippen molar-refractivity contribution in [3.8, 4) is 5.75 Å². The molecule has 4 atom stereocenters. The second kappa shape index (κ2) is 8.86. The Balaban J connectivity index is 1.48. The van der Waals surface area contributed by atoms with Crippen LogP contribution in [-0.4, -0.2) is 36.3 Å². The molecule has 6 heteroatoms. The van der Waals surface area contributed by atoms with E-state index >= 15 is 0 Å². The third-order valence-corrected chi connectivity index (χ3v) is 7.41. The average molecular weight is 466 g/mol. The van der Waals surface area contributed by atoms with Crippen molar-refractivity contribution in [2.24, 2.45) is 11.8 Å². The Morgan fingerprint density at radius 1 is 1.12 bits per heavy atom. The number of carbonyl (C=O) groups excluding carboxylic acids is 2. The number of amides is 1. The van der Waals surface area contributed by atoms with Gasteiger partial charge in [0, 0.05) is 11.6 Å². The molecule has 2 aliphatic heterocycles. The van der Waals surface area contributed by atoms with Gasteiger partial charge in [0.05, 0.1) is 24.6 Å². The van der Waals surface area contributed by atoms with E-state index in [0.29, 0.717) is 29.5 Å². The lowest BCUT2D eigenvalue weighted by molar-refractivity contribution is -0.136. The predicted molar refractivity (Wildman–Crippen MR) is 126 cm³/mol. The largest absolute Gasteiger partial charge is 0.497 e. The van der Waals surface area contributed by atoms with Crippen LogP contribution in [0, 0.1) is 11.8 Å². The van der Waals surface area contributed by atoms with Crippen molar-refractivity contribution >= 4 is 23.3 Å². The molecular weight excluding hydrogens is 438 g/mol. The first-order valence-corrected chi connectivity index (χ1v) is 12.0. The first-order valence-electron chi connectivity index (χ1n) is 11.6. The van der Waals surface area contributed by atoms with Crippen molar-refractivity contribution in [2.75, 3.05) is 13.7 Å². The maximum absolute atomic E-state index is 13.7. The van der Waals surface area contributed by atoms with E-state index in [2.05, 4.69) is 6.92 Å². The molecule has 5 nitrogen and oxygen atoms in total. The van der Waals surface area contributed by atoms with E-state index in [0.717, 1.165) is 36.1 Å². The number of ether oxygens (including phenoxy) is 2. The molecule has 172 valence electrons. The number of halogens is 1. The maximum Gasteiger partial charge on any atom is 0.290 e. The summed E-state index contributed by atoms with van der Waals surface area (Å²) in [7, 11) is 1.64. The van der Waals surface area contributed by atoms with Gasteiger partial charge in [-0.3, -0.25) is 9.59 Å². The lowest BCUT2D eigenvalue weighted by atomic mass is 9.74. The smallest absolute Gasteiger partial charge is 0.290 e. The third-order valence-electron chi connectivity index (χ3n) is 7.17. The second-order valence-electron chi connectivity index (χ2n) is 9.34. The van der Waals surface area contributed by atoms with E-state index in [4.69, 9.17) is 21.1 Å². The summed E-state index contributed by atoms with van der Waals surface area (Å²) >= 11 is 6.30. The molecule has 0 spiro atoms. The fourth-order valence-corrected chi connectivity index (χ4v) is 5.62. The van der Waals surface area contributed by atoms with Crippen molar-refractivity contribution in [2.45, 2.75) is 44.8 Å². The van der Waals surface area contributed by atoms with Crippen molar-refractivity contribution in [3.63, 3.8) is 0 Å². The van der Waals surface area contributed by atoms with Gasteiger partial charge in [-0.25, -0.2) is 0 Å². The number of hydrogen-bond donors (Lipinski definition) is 0. The van der Waals surface area contributed by atoms with Crippen LogP contribution in [-0.2, 0) is 20.7 Å². The summed E-state index contributed by atoms with van der Waals surface area (Å²) in [4.78, 5) is 29.1. The molecule has 0 bridgehead atoms. The summed E-state index contributed by atoms with van der Waals surface area (Å²) < 4.78 is 11.5. The number of Topliss-reactive ketones (excluding diaryl/α,β-unsaturated/α-hetero) is 1. The van der Waals surface area contributed by atoms with Gasteiger partial charge in [0.1, 0.15) is 11.9 Å². The number of nitrogens with zero attached hydrogens (tertiary/aromatic N) is 1. The van der Waals surface area contributed by atoms with Crippen LogP contribution in [0.15, 0.2) is 59.9 Å². The van der Waals surface area contributed by atoms with Crippen LogP contribution >= 0.6 is 11.6 Å². The van der Waals surface area contributed by atoms with Crippen LogP contribution in [0.1, 0.15) is 43.4 Å². The van der Waals surface area contributed by atoms with Crippen LogP contribution < -0.4 is 4.74 Å². The highest BCUT2D eigenvalue weighted by atomic mass is 35.5. The number of carbonyl (C=O) groups is 2. The molecule has 0 N–H and O–H groups in total. The summed E-state index contributed by atoms with van der Waals surface area (Å²) in [5.41, 5.74) is 2.44. The Hall–Kier alpha value is -2.79. The number of methoxy groups -OCH3 is 1. The molecule has 33 heavy (non-hydrogen) atoms. The van der Waals surface area contributed by atoms with Crippen molar-refractivity contribution < 1.29 is 19.1 Å². The topological polar surface area (TPSA) is 55.8 Å². The molecule has 3 aliphatic rings. The van der Waals surface area contributed by atoms with Gasteiger partial charge in [0.15, 0.2) is 11.5 Å². The minimum atomic E-state index is -0.477. The zero-order valence-electron chi connectivity index (χ0n) is 18.9. The zero-order valence-corrected chi connectivity index (χ0v) is 19.7. The van der Waals surface area contributed by atoms with Gasteiger partial charge in [0.25, 0.3) is 5.91 Å². The Morgan fingerprint density at radius 2 is 1.91 bits per heavy atom. The first-order chi connectivity index (χ1) is 16.0. The molecule has 4 unspecified atom stereocenters. The molecule has 2 heterocycles. The van der Waals surface area contributed by atoms with Crippen LogP contribution in [0.5, 0.6) is 5.75 Å². The average Bonchev–Trinajstić information content (AvgIpc) is 3.10. The predicted octanol–water partition coefficient (Wildman–Crippen LogP) is 5.13. The summed E-state index contributed by atoms with van der Waals surface area (Å²) in [5, 5.41) is 0.581. The molecule has 1 saturated carbocycles. The fourth-order valence-electron chi connectivity index (χ4n) is 5.42. The van der Waals surface area contributed by atoms with Crippen LogP contribution in [0.2, 0.25) is 5.02 Å². The molecule has 0 aromatic heterocycles. The quantitative estimate of drug-likeness (QED) is 0.614. The second-order valence-corrected chi connectivity index (χ2v) is 9.78. The van der Waals surface area contributed by atoms with Gasteiger partial charge >= 0.3 is 0 Å². The summed E-state index contributed by atoms with van der Waals surface area (Å²) in [6.45, 7) is 2.65. The molecule has 1 aliphatic carbocycles. The number of ketones is 1. The van der Waals surface area contributed by atoms with E-state index in [1.54, 1.807) is 18.1 Å². The van der Waals surface area contributed by atoms with Crippen molar-refractivity contribution in [1.82, 2.24) is 4.90 Å². The Bertz CT molecular complexity index is 1110. The number of benzene rings is 2. The molecule has 1 fully saturated rings. The van der Waals surface area contributed by atoms with Gasteiger partial charge in [-0.05, 0) is 67.0 Å². The lowest BCUT2D eigenvalue weighted by Gasteiger charge is -2.37. The minimum Gasteiger partial charge on any atom is -0.497 e. The van der Waals surface area contributed by atoms with E-state index in [9.17, 15) is 9.59 Å². The van der Waals surface area contributed by atoms with Crippen LogP contribution in [0.4, 0.5) is 0 Å². The Kier molecular flexibility index (Phi) is 5.92. The molecule has 2 aromatic rings. The lowest BCUT2D eigenvalue weighted by Crippen LogP contribution is -2.41. The normalized spacial score (nSPS) is 26.7. The first kappa shape index (κ1) is 22.0. The van der Waals surface area contributed by atoms with Crippen molar-refractivity contribution in [1.29, 1.82) is 0 Å². The maximum atomic E-state index is 13.7. The molecule has 0 saturated heterocycles. The molecule has 2 aromatic carbocycles. The molecule has 0 radical (unpaired) electrons. The monoisotopic (exact) mass is 465 g/mol. The Morgan fingerprint density at radius 3 is 2.64 bits per heavy atom. The number of hydrogen-bond acceptors (Lipinski definition) is 4. The Labute approximate surface area is 199 Å². The SMILES string of the molecule is COc1ccc(CCN2C(=O)C3=C(C(=O)C4CC(C)CCC4O3)C2c2cccc(Cl)c2)cc1. The van der Waals surface area contributed by atoms with E-state index < -0.39 is 6.04 Å². The van der Waals surface area contributed by atoms with Gasteiger partial charge in [-0.2, -0.15) is 0 Å². The van der Waals surface area contributed by atoms with Gasteiger partial charge in [0.2, 0.25) is 0 Å². The fraction of sp³-hybridized carbons (Fsp3) is 0.407. The third kappa shape index (κ3) is 4.04. The highest BCUT2D eigenvalue weighted by Gasteiger charge is 2.52. The minimum absolute atomic E-state index is 0.0677. The highest BCUT2D eigenvalue weighted by Crippen LogP contribution is 2.47. The molecule has 1 amide bonds. The standard InChI is InChI=1S/C27H28ClNO4/c1-16-6-11-22-21(14-16)25(30)23-24(18-4-3-5-19(28)15-18)29(27(31)26(23)33-22)13-12-17-7-9-20(32-2)10-8-17/h3-5,7-10,15-16,21-22,24H,6,11-14H2,1-2H3. The summed E-state index contributed by atoms with van der Waals surface area (Å²) in [6, 6.07) is 14.8. The highest BCUT2D eigenvalue weighted by molar-refractivity contribution is 6.30. The van der Waals surface area contributed by atoms with Crippen molar-refractivity contribution in [3.05, 3.63) is 76.0 Å². The van der Waals surface area contributed by atoms with E-state index in [-0.39, 0.29) is 29.5 Å².